The van der Waals surface area contributed by atoms with Crippen molar-refractivity contribution in [3.8, 4) is 0 Å². The summed E-state index contributed by atoms with van der Waals surface area (Å²) in [6.07, 6.45) is 3.86. The molecule has 0 amide bonds. The fourth-order valence-corrected chi connectivity index (χ4v) is 2.05. The lowest BCUT2D eigenvalue weighted by molar-refractivity contribution is 0.193. The van der Waals surface area contributed by atoms with E-state index in [4.69, 9.17) is 5.73 Å². The van der Waals surface area contributed by atoms with Crippen molar-refractivity contribution in [2.24, 2.45) is 11.7 Å². The fraction of sp³-hybridized carbons (Fsp3) is 0.818. The minimum Gasteiger partial charge on any atom is -0.330 e. The van der Waals surface area contributed by atoms with Crippen molar-refractivity contribution in [3.05, 3.63) is 12.2 Å². The van der Waals surface area contributed by atoms with Crippen molar-refractivity contribution in [1.82, 2.24) is 4.90 Å². The van der Waals surface area contributed by atoms with Gasteiger partial charge in [0.25, 0.3) is 0 Å². The molecule has 0 unspecified atom stereocenters. The van der Waals surface area contributed by atoms with Gasteiger partial charge in [0, 0.05) is 6.54 Å². The molecule has 1 aliphatic heterocycles. The van der Waals surface area contributed by atoms with Crippen molar-refractivity contribution in [1.29, 1.82) is 0 Å². The first-order valence-electron chi connectivity index (χ1n) is 5.29. The van der Waals surface area contributed by atoms with E-state index in [1.165, 1.54) is 37.9 Å². The molecule has 1 rings (SSSR count). The summed E-state index contributed by atoms with van der Waals surface area (Å²) < 4.78 is 0. The SMILES string of the molecule is C=C(C)CN1CCC(CCN)CC1. The minimum absolute atomic E-state index is 0.852. The zero-order chi connectivity index (χ0) is 9.68. The number of hydrogen-bond acceptors (Lipinski definition) is 2. The van der Waals surface area contributed by atoms with Crippen molar-refractivity contribution in [2.75, 3.05) is 26.2 Å². The van der Waals surface area contributed by atoms with Crippen LogP contribution in [0, 0.1) is 5.92 Å². The summed E-state index contributed by atoms with van der Waals surface area (Å²) in [5.74, 6) is 0.881. The highest BCUT2D eigenvalue weighted by Gasteiger charge is 2.17. The van der Waals surface area contributed by atoms with Crippen LogP contribution >= 0.6 is 0 Å². The number of nitrogens with two attached hydrogens (primary N) is 1. The lowest BCUT2D eigenvalue weighted by atomic mass is 9.93. The summed E-state index contributed by atoms with van der Waals surface area (Å²) in [5, 5.41) is 0. The van der Waals surface area contributed by atoms with Crippen LogP contribution in [-0.4, -0.2) is 31.1 Å². The first-order chi connectivity index (χ1) is 6.22. The van der Waals surface area contributed by atoms with Gasteiger partial charge in [-0.05, 0) is 51.7 Å². The Kier molecular flexibility index (Phi) is 4.46. The highest BCUT2D eigenvalue weighted by molar-refractivity contribution is 4.92. The highest BCUT2D eigenvalue weighted by Crippen LogP contribution is 2.19. The molecule has 0 saturated carbocycles. The number of rotatable bonds is 4. The van der Waals surface area contributed by atoms with Gasteiger partial charge in [-0.15, -0.1) is 0 Å². The van der Waals surface area contributed by atoms with Crippen LogP contribution in [-0.2, 0) is 0 Å². The van der Waals surface area contributed by atoms with E-state index in [1.54, 1.807) is 0 Å². The molecule has 0 atom stereocenters. The largest absolute Gasteiger partial charge is 0.330 e. The van der Waals surface area contributed by atoms with Crippen molar-refractivity contribution < 1.29 is 0 Å². The molecule has 1 aliphatic rings. The molecule has 1 saturated heterocycles. The third-order valence-corrected chi connectivity index (χ3v) is 2.78. The maximum absolute atomic E-state index is 5.55. The number of likely N-dealkylation sites (tertiary alicyclic amines) is 1. The summed E-state index contributed by atoms with van der Waals surface area (Å²) >= 11 is 0. The van der Waals surface area contributed by atoms with E-state index >= 15 is 0 Å². The standard InChI is InChI=1S/C11H22N2/c1-10(2)9-13-7-4-11(3-6-12)5-8-13/h11H,1,3-9,12H2,2H3. The van der Waals surface area contributed by atoms with Crippen LogP contribution < -0.4 is 5.73 Å². The quantitative estimate of drug-likeness (QED) is 0.669. The second-order valence-corrected chi connectivity index (χ2v) is 4.25. The smallest absolute Gasteiger partial charge is 0.0187 e. The van der Waals surface area contributed by atoms with Gasteiger partial charge in [-0.2, -0.15) is 0 Å². The van der Waals surface area contributed by atoms with Crippen LogP contribution in [0.1, 0.15) is 26.2 Å². The van der Waals surface area contributed by atoms with Gasteiger partial charge in [-0.25, -0.2) is 0 Å². The molecule has 0 aromatic heterocycles. The van der Waals surface area contributed by atoms with Gasteiger partial charge >= 0.3 is 0 Å². The molecule has 0 spiro atoms. The predicted molar refractivity (Wildman–Crippen MR) is 57.6 cm³/mol. The average Bonchev–Trinajstić information content (AvgIpc) is 2.08. The Labute approximate surface area is 81.8 Å². The summed E-state index contributed by atoms with van der Waals surface area (Å²) in [5.41, 5.74) is 6.82. The minimum atomic E-state index is 0.852. The predicted octanol–water partition coefficient (Wildman–Crippen LogP) is 1.62. The molecule has 76 valence electrons. The summed E-state index contributed by atoms with van der Waals surface area (Å²) in [4.78, 5) is 2.50. The van der Waals surface area contributed by atoms with E-state index < -0.39 is 0 Å². The van der Waals surface area contributed by atoms with Crippen molar-refractivity contribution in [3.63, 3.8) is 0 Å². The van der Waals surface area contributed by atoms with Crippen LogP contribution in [0.4, 0.5) is 0 Å². The van der Waals surface area contributed by atoms with E-state index in [1.807, 2.05) is 0 Å². The Balaban J connectivity index is 2.18. The van der Waals surface area contributed by atoms with Gasteiger partial charge in [-0.1, -0.05) is 12.2 Å². The lowest BCUT2D eigenvalue weighted by Gasteiger charge is -2.31. The topological polar surface area (TPSA) is 29.3 Å². The molecule has 0 radical (unpaired) electrons. The highest BCUT2D eigenvalue weighted by atomic mass is 15.1. The fourth-order valence-electron chi connectivity index (χ4n) is 2.05. The Hall–Kier alpha value is -0.340. The molecular formula is C11H22N2. The maximum atomic E-state index is 5.55. The van der Waals surface area contributed by atoms with Crippen LogP contribution in [0.2, 0.25) is 0 Å². The first-order valence-corrected chi connectivity index (χ1v) is 5.29. The number of hydrogen-bond donors (Lipinski definition) is 1. The maximum Gasteiger partial charge on any atom is 0.0187 e. The molecule has 0 aromatic carbocycles. The molecule has 0 aromatic rings. The summed E-state index contributed by atoms with van der Waals surface area (Å²) in [7, 11) is 0. The Morgan fingerprint density at radius 2 is 2.08 bits per heavy atom. The molecule has 1 heterocycles. The molecule has 0 bridgehead atoms. The summed E-state index contributed by atoms with van der Waals surface area (Å²) in [6, 6.07) is 0. The van der Waals surface area contributed by atoms with Gasteiger partial charge in [0.2, 0.25) is 0 Å². The van der Waals surface area contributed by atoms with Crippen LogP contribution in [0.25, 0.3) is 0 Å². The zero-order valence-corrected chi connectivity index (χ0v) is 8.76. The summed E-state index contributed by atoms with van der Waals surface area (Å²) in [6.45, 7) is 10.4. The molecule has 2 nitrogen and oxygen atoms in total. The lowest BCUT2D eigenvalue weighted by Crippen LogP contribution is -2.35. The van der Waals surface area contributed by atoms with Crippen LogP contribution in [0.15, 0.2) is 12.2 Å². The average molecular weight is 182 g/mol. The van der Waals surface area contributed by atoms with Gasteiger partial charge in [0.1, 0.15) is 0 Å². The van der Waals surface area contributed by atoms with E-state index in [0.29, 0.717) is 0 Å². The number of nitrogens with zero attached hydrogens (tertiary/aromatic N) is 1. The van der Waals surface area contributed by atoms with E-state index in [0.717, 1.165) is 19.0 Å². The molecule has 13 heavy (non-hydrogen) atoms. The normalized spacial score (nSPS) is 20.5. The molecule has 2 N–H and O–H groups in total. The Morgan fingerprint density at radius 3 is 2.54 bits per heavy atom. The molecule has 0 aliphatic carbocycles. The van der Waals surface area contributed by atoms with E-state index in [-0.39, 0.29) is 0 Å². The van der Waals surface area contributed by atoms with E-state index in [9.17, 15) is 0 Å². The van der Waals surface area contributed by atoms with Gasteiger partial charge < -0.3 is 5.73 Å². The monoisotopic (exact) mass is 182 g/mol. The third-order valence-electron chi connectivity index (χ3n) is 2.78. The van der Waals surface area contributed by atoms with Gasteiger partial charge in [0.15, 0.2) is 0 Å². The first kappa shape index (κ1) is 10.7. The van der Waals surface area contributed by atoms with Gasteiger partial charge in [0.05, 0.1) is 0 Å². The van der Waals surface area contributed by atoms with E-state index in [2.05, 4.69) is 18.4 Å². The third kappa shape index (κ3) is 3.92. The number of piperidine rings is 1. The van der Waals surface area contributed by atoms with Crippen molar-refractivity contribution >= 4 is 0 Å². The molecule has 2 heteroatoms. The molecule has 1 fully saturated rings. The van der Waals surface area contributed by atoms with Gasteiger partial charge in [-0.3, -0.25) is 4.90 Å². The molecular weight excluding hydrogens is 160 g/mol. The second kappa shape index (κ2) is 5.40. The van der Waals surface area contributed by atoms with Crippen molar-refractivity contribution in [2.45, 2.75) is 26.2 Å². The van der Waals surface area contributed by atoms with Crippen LogP contribution in [0.3, 0.4) is 0 Å². The Bertz CT molecular complexity index is 157. The van der Waals surface area contributed by atoms with Crippen LogP contribution in [0.5, 0.6) is 0 Å². The zero-order valence-electron chi connectivity index (χ0n) is 8.76. The second-order valence-electron chi connectivity index (χ2n) is 4.25. The Morgan fingerprint density at radius 1 is 1.46 bits per heavy atom.